The van der Waals surface area contributed by atoms with Crippen molar-refractivity contribution in [3.63, 3.8) is 0 Å². The van der Waals surface area contributed by atoms with Gasteiger partial charge in [0, 0.05) is 11.3 Å². The number of hydrogen-bond acceptors (Lipinski definition) is 4. The van der Waals surface area contributed by atoms with Crippen LogP contribution in [0.2, 0.25) is 0 Å². The second kappa shape index (κ2) is 6.52. The molecule has 2 rings (SSSR count). The van der Waals surface area contributed by atoms with Crippen LogP contribution in [-0.4, -0.2) is 24.7 Å². The van der Waals surface area contributed by atoms with Gasteiger partial charge >= 0.3 is 5.97 Å². The fourth-order valence-electron chi connectivity index (χ4n) is 2.32. The molecule has 1 amide bonds. The summed E-state index contributed by atoms with van der Waals surface area (Å²) in [7, 11) is 1.44. The Morgan fingerprint density at radius 1 is 1.38 bits per heavy atom. The van der Waals surface area contributed by atoms with Crippen LogP contribution in [0.5, 0.6) is 0 Å². The quantitative estimate of drug-likeness (QED) is 0.786. The minimum Gasteiger partial charge on any atom is -0.469 e. The Morgan fingerprint density at radius 3 is 2.62 bits per heavy atom. The zero-order chi connectivity index (χ0) is 15.5. The first-order valence-corrected chi connectivity index (χ1v) is 8.15. The number of thioether (sulfide) groups is 1. The number of rotatable bonds is 7. The van der Waals surface area contributed by atoms with Gasteiger partial charge < -0.3 is 10.5 Å². The van der Waals surface area contributed by atoms with E-state index in [4.69, 9.17) is 10.5 Å². The molecule has 0 unspecified atom stereocenters. The largest absolute Gasteiger partial charge is 0.469 e. The van der Waals surface area contributed by atoms with Crippen LogP contribution < -0.4 is 5.73 Å². The van der Waals surface area contributed by atoms with Crippen LogP contribution in [0.15, 0.2) is 18.2 Å². The summed E-state index contributed by atoms with van der Waals surface area (Å²) in [4.78, 5) is 22.5. The second-order valence-corrected chi connectivity index (χ2v) is 6.74. The molecule has 1 aliphatic carbocycles. The fourth-order valence-corrected chi connectivity index (χ4v) is 3.79. The summed E-state index contributed by atoms with van der Waals surface area (Å²) < 4.78 is 4.75. The smallest absolute Gasteiger partial charge is 0.306 e. The zero-order valence-electron chi connectivity index (χ0n) is 12.5. The second-order valence-electron chi connectivity index (χ2n) is 5.75. The number of nitrogens with two attached hydrogens (primary N) is 1. The van der Waals surface area contributed by atoms with Gasteiger partial charge in [-0.1, -0.05) is 6.07 Å². The number of primary amides is 1. The van der Waals surface area contributed by atoms with Crippen LogP contribution in [0.1, 0.15) is 40.7 Å². The minimum atomic E-state index is -0.396. The van der Waals surface area contributed by atoms with Crippen molar-refractivity contribution in [2.24, 2.45) is 11.1 Å². The fraction of sp³-hybridized carbons (Fsp3) is 0.500. The van der Waals surface area contributed by atoms with Gasteiger partial charge in [0.05, 0.1) is 13.5 Å². The Labute approximate surface area is 129 Å². The normalized spacial score (nSPS) is 15.5. The van der Waals surface area contributed by atoms with Gasteiger partial charge in [-0.3, -0.25) is 9.59 Å². The van der Waals surface area contributed by atoms with E-state index in [0.717, 1.165) is 29.9 Å². The van der Waals surface area contributed by atoms with Gasteiger partial charge in [0.2, 0.25) is 5.91 Å². The van der Waals surface area contributed by atoms with Gasteiger partial charge in [0.15, 0.2) is 0 Å². The van der Waals surface area contributed by atoms with Gasteiger partial charge in [0.1, 0.15) is 0 Å². The first kappa shape index (κ1) is 15.9. The van der Waals surface area contributed by atoms with Crippen LogP contribution in [0, 0.1) is 12.3 Å². The number of amides is 1. The first-order chi connectivity index (χ1) is 9.96. The van der Waals surface area contributed by atoms with Crippen LogP contribution in [-0.2, 0) is 15.3 Å². The van der Waals surface area contributed by atoms with Crippen molar-refractivity contribution < 1.29 is 14.3 Å². The molecule has 114 valence electrons. The molecule has 4 nitrogen and oxygen atoms in total. The number of aryl methyl sites for hydroxylation is 1. The number of carbonyl (C=O) groups excluding carboxylic acids is 2. The van der Waals surface area contributed by atoms with Crippen molar-refractivity contribution in [1.29, 1.82) is 0 Å². The predicted molar refractivity (Wildman–Crippen MR) is 84.2 cm³/mol. The van der Waals surface area contributed by atoms with Crippen LogP contribution in [0.25, 0.3) is 0 Å². The van der Waals surface area contributed by atoms with Crippen molar-refractivity contribution in [3.8, 4) is 0 Å². The molecule has 1 aliphatic rings. The van der Waals surface area contributed by atoms with Crippen LogP contribution in [0.3, 0.4) is 0 Å². The average Bonchev–Trinajstić information content (AvgIpc) is 3.20. The SMILES string of the molecule is COC(=O)CC1(CSCc2ccc(C(N)=O)cc2C)CC1. The maximum Gasteiger partial charge on any atom is 0.306 e. The molecule has 5 heteroatoms. The third kappa shape index (κ3) is 4.24. The average molecular weight is 307 g/mol. The van der Waals surface area contributed by atoms with Crippen LogP contribution in [0.4, 0.5) is 0 Å². The molecule has 1 fully saturated rings. The topological polar surface area (TPSA) is 69.4 Å². The lowest BCUT2D eigenvalue weighted by atomic mass is 10.1. The van der Waals surface area contributed by atoms with E-state index in [2.05, 4.69) is 0 Å². The summed E-state index contributed by atoms with van der Waals surface area (Å²) in [5.41, 5.74) is 8.26. The Hall–Kier alpha value is -1.49. The number of esters is 1. The number of hydrogen-bond donors (Lipinski definition) is 1. The van der Waals surface area contributed by atoms with E-state index in [-0.39, 0.29) is 11.4 Å². The Bertz CT molecular complexity index is 552. The summed E-state index contributed by atoms with van der Waals surface area (Å²) in [6.45, 7) is 1.99. The number of ether oxygens (including phenoxy) is 1. The molecule has 0 saturated heterocycles. The van der Waals surface area contributed by atoms with E-state index in [1.165, 1.54) is 12.7 Å². The summed E-state index contributed by atoms with van der Waals surface area (Å²) in [6, 6.07) is 5.56. The van der Waals surface area contributed by atoms with Gasteiger partial charge in [0.25, 0.3) is 0 Å². The summed E-state index contributed by atoms with van der Waals surface area (Å²) in [5.74, 6) is 1.34. The van der Waals surface area contributed by atoms with Crippen molar-refractivity contribution >= 4 is 23.6 Å². The highest BCUT2D eigenvalue weighted by Crippen LogP contribution is 2.51. The number of methoxy groups -OCH3 is 1. The number of carbonyl (C=O) groups is 2. The molecule has 0 heterocycles. The molecule has 1 saturated carbocycles. The molecule has 0 aliphatic heterocycles. The lowest BCUT2D eigenvalue weighted by molar-refractivity contribution is -0.141. The molecule has 2 N–H and O–H groups in total. The van der Waals surface area contributed by atoms with Gasteiger partial charge in [-0.15, -0.1) is 0 Å². The third-order valence-electron chi connectivity index (χ3n) is 4.00. The van der Waals surface area contributed by atoms with Crippen molar-refractivity contribution in [2.75, 3.05) is 12.9 Å². The molecule has 0 spiro atoms. The summed E-state index contributed by atoms with van der Waals surface area (Å²) in [6.07, 6.45) is 2.74. The van der Waals surface area contributed by atoms with Crippen molar-refractivity contribution in [1.82, 2.24) is 0 Å². The standard InChI is InChI=1S/C16H21NO3S/c1-11-7-12(15(17)19)3-4-13(11)9-21-10-16(5-6-16)8-14(18)20-2/h3-4,7H,5-6,8-10H2,1-2H3,(H2,17,19). The molecule has 0 radical (unpaired) electrons. The molecule has 0 atom stereocenters. The first-order valence-electron chi connectivity index (χ1n) is 7.00. The highest BCUT2D eigenvalue weighted by molar-refractivity contribution is 7.98. The maximum absolute atomic E-state index is 11.4. The maximum atomic E-state index is 11.4. The molecule has 0 aromatic heterocycles. The predicted octanol–water partition coefficient (Wildman–Crippen LogP) is 2.67. The van der Waals surface area contributed by atoms with Gasteiger partial charge in [-0.25, -0.2) is 0 Å². The van der Waals surface area contributed by atoms with Gasteiger partial charge in [-0.05, 0) is 54.2 Å². The Balaban J connectivity index is 1.86. The lowest BCUT2D eigenvalue weighted by Gasteiger charge is -2.14. The van der Waals surface area contributed by atoms with Crippen molar-refractivity contribution in [3.05, 3.63) is 34.9 Å². The highest BCUT2D eigenvalue weighted by Gasteiger charge is 2.44. The number of benzene rings is 1. The molecular formula is C16H21NO3S. The van der Waals surface area contributed by atoms with E-state index in [1.807, 2.05) is 30.8 Å². The molecule has 0 bridgehead atoms. The lowest BCUT2D eigenvalue weighted by Crippen LogP contribution is -2.13. The Kier molecular flexibility index (Phi) is 4.93. The molecule has 21 heavy (non-hydrogen) atoms. The summed E-state index contributed by atoms with van der Waals surface area (Å²) in [5, 5.41) is 0. The molecular weight excluding hydrogens is 286 g/mol. The summed E-state index contributed by atoms with van der Waals surface area (Å²) >= 11 is 1.83. The van der Waals surface area contributed by atoms with E-state index in [9.17, 15) is 9.59 Å². The Morgan fingerprint density at radius 2 is 2.10 bits per heavy atom. The van der Waals surface area contributed by atoms with E-state index < -0.39 is 5.91 Å². The molecule has 1 aromatic rings. The monoisotopic (exact) mass is 307 g/mol. The zero-order valence-corrected chi connectivity index (χ0v) is 13.3. The third-order valence-corrected chi connectivity index (χ3v) is 5.33. The van der Waals surface area contributed by atoms with E-state index >= 15 is 0 Å². The van der Waals surface area contributed by atoms with Crippen LogP contribution >= 0.6 is 11.8 Å². The minimum absolute atomic E-state index is 0.116. The van der Waals surface area contributed by atoms with E-state index in [0.29, 0.717) is 12.0 Å². The van der Waals surface area contributed by atoms with E-state index in [1.54, 1.807) is 6.07 Å². The molecule has 1 aromatic carbocycles. The van der Waals surface area contributed by atoms with Gasteiger partial charge in [-0.2, -0.15) is 11.8 Å². The van der Waals surface area contributed by atoms with Crippen molar-refractivity contribution in [2.45, 2.75) is 31.9 Å². The highest BCUT2D eigenvalue weighted by atomic mass is 32.2.